The van der Waals surface area contributed by atoms with Crippen LogP contribution in [0.5, 0.6) is 0 Å². The first kappa shape index (κ1) is 19.0. The Hall–Kier alpha value is -3.31. The molecule has 0 saturated carbocycles. The summed E-state index contributed by atoms with van der Waals surface area (Å²) in [6.45, 7) is 3.27. The fraction of sp³-hybridized carbons (Fsp3) is 0.208. The van der Waals surface area contributed by atoms with Crippen molar-refractivity contribution in [2.75, 3.05) is 13.2 Å². The van der Waals surface area contributed by atoms with Crippen molar-refractivity contribution < 1.29 is 14.3 Å². The fourth-order valence-corrected chi connectivity index (χ4v) is 3.62. The Kier molecular flexibility index (Phi) is 5.49. The fourth-order valence-electron chi connectivity index (χ4n) is 3.62. The maximum absolute atomic E-state index is 13.5. The Morgan fingerprint density at radius 1 is 1.07 bits per heavy atom. The van der Waals surface area contributed by atoms with Gasteiger partial charge < -0.3 is 19.0 Å². The maximum atomic E-state index is 13.5. The minimum absolute atomic E-state index is 0.0901. The van der Waals surface area contributed by atoms with E-state index in [1.165, 1.54) is 5.56 Å². The standard InChI is InChI=1S/C24H24N2O3/c1-18-7-5-6-10-20(18)17-26-21-11-14-29-23(21)15-22(26)24(28)25(12-13-27)16-19-8-3-2-4-9-19/h2-11,14-15,27H,12-13,16-17H2,1H3. The van der Waals surface area contributed by atoms with Crippen LogP contribution >= 0.6 is 0 Å². The van der Waals surface area contributed by atoms with E-state index in [9.17, 15) is 9.90 Å². The number of carbonyl (C=O) groups is 1. The molecule has 0 saturated heterocycles. The third-order valence-electron chi connectivity index (χ3n) is 5.20. The van der Waals surface area contributed by atoms with Crippen molar-refractivity contribution in [3.05, 3.63) is 95.4 Å². The van der Waals surface area contributed by atoms with Crippen molar-refractivity contribution in [1.82, 2.24) is 9.47 Å². The third kappa shape index (κ3) is 3.96. The quantitative estimate of drug-likeness (QED) is 0.516. The molecule has 2 heterocycles. The second kappa shape index (κ2) is 8.37. The van der Waals surface area contributed by atoms with Gasteiger partial charge in [-0.05, 0) is 23.6 Å². The number of aromatic nitrogens is 1. The molecule has 0 bridgehead atoms. The van der Waals surface area contributed by atoms with Gasteiger partial charge in [0.25, 0.3) is 5.91 Å². The largest absolute Gasteiger partial charge is 0.463 e. The molecule has 4 rings (SSSR count). The van der Waals surface area contributed by atoms with Crippen molar-refractivity contribution in [3.8, 4) is 0 Å². The van der Waals surface area contributed by atoms with E-state index in [0.717, 1.165) is 16.6 Å². The lowest BCUT2D eigenvalue weighted by molar-refractivity contribution is 0.0698. The summed E-state index contributed by atoms with van der Waals surface area (Å²) >= 11 is 0. The van der Waals surface area contributed by atoms with Gasteiger partial charge in [-0.15, -0.1) is 0 Å². The minimum atomic E-state index is -0.122. The first-order chi connectivity index (χ1) is 14.2. The van der Waals surface area contributed by atoms with Crippen LogP contribution in [-0.4, -0.2) is 33.6 Å². The molecule has 0 aliphatic rings. The van der Waals surface area contributed by atoms with Crippen LogP contribution in [0.15, 0.2) is 77.4 Å². The van der Waals surface area contributed by atoms with Gasteiger partial charge in [0, 0.05) is 31.8 Å². The summed E-state index contributed by atoms with van der Waals surface area (Å²) in [5.74, 6) is -0.122. The second-order valence-corrected chi connectivity index (χ2v) is 7.15. The van der Waals surface area contributed by atoms with E-state index >= 15 is 0 Å². The lowest BCUT2D eigenvalue weighted by Crippen LogP contribution is -2.34. The summed E-state index contributed by atoms with van der Waals surface area (Å²) in [5.41, 5.74) is 5.48. The molecule has 2 aromatic heterocycles. The normalized spacial score (nSPS) is 11.1. The van der Waals surface area contributed by atoms with Crippen molar-refractivity contribution in [2.24, 2.45) is 0 Å². The molecule has 1 amide bonds. The number of fused-ring (bicyclic) bond motifs is 1. The topological polar surface area (TPSA) is 58.6 Å². The molecule has 29 heavy (non-hydrogen) atoms. The van der Waals surface area contributed by atoms with Crippen molar-refractivity contribution in [1.29, 1.82) is 0 Å². The van der Waals surface area contributed by atoms with Crippen LogP contribution in [0.2, 0.25) is 0 Å². The molecule has 2 aromatic carbocycles. The van der Waals surface area contributed by atoms with E-state index < -0.39 is 0 Å². The number of carbonyl (C=O) groups excluding carboxylic acids is 1. The highest BCUT2D eigenvalue weighted by Crippen LogP contribution is 2.25. The molecule has 4 aromatic rings. The molecule has 0 radical (unpaired) electrons. The number of benzene rings is 2. The highest BCUT2D eigenvalue weighted by molar-refractivity contribution is 5.97. The second-order valence-electron chi connectivity index (χ2n) is 7.15. The molecule has 0 spiro atoms. The molecule has 148 valence electrons. The predicted octanol–water partition coefficient (Wildman–Crippen LogP) is 4.23. The Bertz CT molecular complexity index is 1110. The maximum Gasteiger partial charge on any atom is 0.271 e. The average Bonchev–Trinajstić information content (AvgIpc) is 3.32. The first-order valence-electron chi connectivity index (χ1n) is 9.72. The van der Waals surface area contributed by atoms with Gasteiger partial charge in [-0.1, -0.05) is 54.6 Å². The Morgan fingerprint density at radius 3 is 2.59 bits per heavy atom. The molecule has 0 aliphatic heterocycles. The van der Waals surface area contributed by atoms with Crippen LogP contribution < -0.4 is 0 Å². The van der Waals surface area contributed by atoms with Gasteiger partial charge in [-0.3, -0.25) is 4.79 Å². The number of rotatable bonds is 7. The predicted molar refractivity (Wildman–Crippen MR) is 113 cm³/mol. The number of hydrogen-bond acceptors (Lipinski definition) is 3. The minimum Gasteiger partial charge on any atom is -0.463 e. The smallest absolute Gasteiger partial charge is 0.271 e. The van der Waals surface area contributed by atoms with Crippen LogP contribution in [0.1, 0.15) is 27.2 Å². The number of nitrogens with zero attached hydrogens (tertiary/aromatic N) is 2. The number of aliphatic hydroxyl groups is 1. The summed E-state index contributed by atoms with van der Waals surface area (Å²) in [7, 11) is 0. The van der Waals surface area contributed by atoms with Crippen LogP contribution in [-0.2, 0) is 13.1 Å². The van der Waals surface area contributed by atoms with Crippen LogP contribution in [0.3, 0.4) is 0 Å². The number of aryl methyl sites for hydroxylation is 1. The van der Waals surface area contributed by atoms with Gasteiger partial charge in [0.15, 0.2) is 5.58 Å². The van der Waals surface area contributed by atoms with Gasteiger partial charge in [-0.25, -0.2) is 0 Å². The van der Waals surface area contributed by atoms with Gasteiger partial charge >= 0.3 is 0 Å². The molecule has 0 fully saturated rings. The van der Waals surface area contributed by atoms with Crippen molar-refractivity contribution in [3.63, 3.8) is 0 Å². The Balaban J connectivity index is 1.71. The van der Waals surface area contributed by atoms with E-state index in [4.69, 9.17) is 4.42 Å². The van der Waals surface area contributed by atoms with Crippen molar-refractivity contribution in [2.45, 2.75) is 20.0 Å². The summed E-state index contributed by atoms with van der Waals surface area (Å²) in [6, 6.07) is 21.7. The number of amides is 1. The van der Waals surface area contributed by atoms with Gasteiger partial charge in [-0.2, -0.15) is 0 Å². The molecule has 5 nitrogen and oxygen atoms in total. The number of furan rings is 1. The van der Waals surface area contributed by atoms with Crippen molar-refractivity contribution >= 4 is 17.0 Å². The lowest BCUT2D eigenvalue weighted by atomic mass is 10.1. The van der Waals surface area contributed by atoms with Crippen LogP contribution in [0.4, 0.5) is 0 Å². The van der Waals surface area contributed by atoms with Crippen LogP contribution in [0, 0.1) is 6.92 Å². The molecule has 5 heteroatoms. The summed E-state index contributed by atoms with van der Waals surface area (Å²) in [4.78, 5) is 15.1. The molecule has 0 atom stereocenters. The van der Waals surface area contributed by atoms with Gasteiger partial charge in [0.1, 0.15) is 5.69 Å². The van der Waals surface area contributed by atoms with E-state index in [2.05, 4.69) is 19.1 Å². The van der Waals surface area contributed by atoms with E-state index in [1.807, 2.05) is 53.1 Å². The number of hydrogen-bond donors (Lipinski definition) is 1. The number of aliphatic hydroxyl groups excluding tert-OH is 1. The van der Waals surface area contributed by atoms with Gasteiger partial charge in [0.2, 0.25) is 0 Å². The monoisotopic (exact) mass is 388 g/mol. The highest BCUT2D eigenvalue weighted by atomic mass is 16.3. The lowest BCUT2D eigenvalue weighted by Gasteiger charge is -2.23. The van der Waals surface area contributed by atoms with Gasteiger partial charge in [0.05, 0.1) is 18.4 Å². The zero-order valence-electron chi connectivity index (χ0n) is 16.4. The molecular formula is C24H24N2O3. The summed E-state index contributed by atoms with van der Waals surface area (Å²) < 4.78 is 7.57. The summed E-state index contributed by atoms with van der Waals surface area (Å²) in [5, 5.41) is 9.53. The molecule has 0 unspecified atom stereocenters. The molecular weight excluding hydrogens is 364 g/mol. The van der Waals surface area contributed by atoms with Crippen LogP contribution in [0.25, 0.3) is 11.1 Å². The Labute approximate surface area is 169 Å². The molecule has 0 aliphatic carbocycles. The average molecular weight is 388 g/mol. The zero-order valence-corrected chi connectivity index (χ0v) is 16.4. The SMILES string of the molecule is Cc1ccccc1Cn1c(C(=O)N(CCO)Cc2ccccc2)cc2occc21. The highest BCUT2D eigenvalue weighted by Gasteiger charge is 2.23. The van der Waals surface area contributed by atoms with E-state index in [1.54, 1.807) is 17.2 Å². The third-order valence-corrected chi connectivity index (χ3v) is 5.20. The molecule has 1 N–H and O–H groups in total. The Morgan fingerprint density at radius 2 is 1.83 bits per heavy atom. The van der Waals surface area contributed by atoms with E-state index in [-0.39, 0.29) is 19.1 Å². The summed E-state index contributed by atoms with van der Waals surface area (Å²) in [6.07, 6.45) is 1.64. The zero-order chi connectivity index (χ0) is 20.2. The van der Waals surface area contributed by atoms with E-state index in [0.29, 0.717) is 24.4 Å². The first-order valence-corrected chi connectivity index (χ1v) is 9.72.